The molecule has 2 rings (SSSR count). The highest BCUT2D eigenvalue weighted by Crippen LogP contribution is 2.28. The minimum atomic E-state index is -0.00498. The van der Waals surface area contributed by atoms with Crippen molar-refractivity contribution in [1.82, 2.24) is 20.9 Å². The summed E-state index contributed by atoms with van der Waals surface area (Å²) in [5, 5.41) is 11.5. The third kappa shape index (κ3) is 8.35. The minimum absolute atomic E-state index is 0. The van der Waals surface area contributed by atoms with Crippen molar-refractivity contribution in [2.24, 2.45) is 10.9 Å². The summed E-state index contributed by atoms with van der Waals surface area (Å²) in [7, 11) is 1.74. The van der Waals surface area contributed by atoms with Crippen molar-refractivity contribution in [2.75, 3.05) is 39.8 Å². The molecule has 6 nitrogen and oxygen atoms in total. The van der Waals surface area contributed by atoms with Gasteiger partial charge in [0.05, 0.1) is 12.6 Å². The first kappa shape index (κ1) is 24.2. The first-order valence-corrected chi connectivity index (χ1v) is 10.5. The van der Waals surface area contributed by atoms with Crippen LogP contribution < -0.4 is 16.0 Å². The summed E-state index contributed by atoms with van der Waals surface area (Å²) in [6, 6.07) is 4.67. The maximum absolute atomic E-state index is 11.8. The summed E-state index contributed by atoms with van der Waals surface area (Å²) in [4.78, 5) is 20.0. The molecule has 1 amide bonds. The number of nitrogens with zero attached hydrogens (tertiary/aromatic N) is 2. The highest BCUT2D eigenvalue weighted by Gasteiger charge is 2.25. The van der Waals surface area contributed by atoms with E-state index in [0.29, 0.717) is 18.5 Å². The number of rotatable bonds is 8. The second kappa shape index (κ2) is 13.3. The van der Waals surface area contributed by atoms with Gasteiger partial charge in [-0.2, -0.15) is 0 Å². The lowest BCUT2D eigenvalue weighted by molar-refractivity contribution is -0.120. The minimum Gasteiger partial charge on any atom is -0.355 e. The van der Waals surface area contributed by atoms with E-state index in [-0.39, 0.29) is 36.4 Å². The lowest BCUT2D eigenvalue weighted by atomic mass is 9.97. The van der Waals surface area contributed by atoms with Gasteiger partial charge in [-0.3, -0.25) is 14.7 Å². The van der Waals surface area contributed by atoms with E-state index < -0.39 is 0 Å². The predicted molar refractivity (Wildman–Crippen MR) is 125 cm³/mol. The summed E-state index contributed by atoms with van der Waals surface area (Å²) in [6.45, 7) is 8.38. The van der Waals surface area contributed by atoms with E-state index in [2.05, 4.69) is 50.3 Å². The van der Waals surface area contributed by atoms with Gasteiger partial charge in [-0.15, -0.1) is 35.3 Å². The highest BCUT2D eigenvalue weighted by molar-refractivity contribution is 14.0. The molecule has 0 saturated carbocycles. The smallest absolute Gasteiger partial charge is 0.239 e. The van der Waals surface area contributed by atoms with E-state index >= 15 is 0 Å². The molecular formula is C19H34IN5OS. The number of amides is 1. The second-order valence-corrected chi connectivity index (χ2v) is 7.89. The van der Waals surface area contributed by atoms with E-state index in [0.717, 1.165) is 32.0 Å². The van der Waals surface area contributed by atoms with Crippen molar-refractivity contribution in [3.63, 3.8) is 0 Å². The van der Waals surface area contributed by atoms with Crippen LogP contribution in [0.4, 0.5) is 0 Å². The van der Waals surface area contributed by atoms with Gasteiger partial charge in [-0.05, 0) is 49.7 Å². The fraction of sp³-hybridized carbons (Fsp3) is 0.684. The number of carbonyl (C=O) groups is 1. The number of piperidine rings is 1. The van der Waals surface area contributed by atoms with Gasteiger partial charge >= 0.3 is 0 Å². The molecule has 8 heteroatoms. The Morgan fingerprint density at radius 1 is 1.33 bits per heavy atom. The normalized spacial score (nSPS) is 17.1. The summed E-state index contributed by atoms with van der Waals surface area (Å²) < 4.78 is 0. The fourth-order valence-electron chi connectivity index (χ4n) is 3.14. The Balaban J connectivity index is 0.00000364. The standard InChI is InChI=1S/C19H33N5OS.HI/c1-4-9-21-18(25)14-23-19(20-3)22-13-16(17-6-5-12-26-17)24-10-7-15(2)8-11-24;/h5-6,12,15-16H,4,7-11,13-14H2,1-3H3,(H,21,25)(H2,20,22,23);1H. The molecule has 1 aromatic heterocycles. The van der Waals surface area contributed by atoms with Crippen LogP contribution in [0.15, 0.2) is 22.5 Å². The topological polar surface area (TPSA) is 68.8 Å². The van der Waals surface area contributed by atoms with Gasteiger partial charge in [-0.25, -0.2) is 0 Å². The Hall–Kier alpha value is -0.870. The number of guanidine groups is 1. The van der Waals surface area contributed by atoms with Gasteiger partial charge in [0, 0.05) is 25.0 Å². The monoisotopic (exact) mass is 507 g/mol. The summed E-state index contributed by atoms with van der Waals surface area (Å²) in [5.74, 6) is 1.48. The average molecular weight is 507 g/mol. The molecule has 1 aromatic rings. The quantitative estimate of drug-likeness (QED) is 0.288. The number of nitrogens with one attached hydrogen (secondary N) is 3. The Morgan fingerprint density at radius 3 is 2.67 bits per heavy atom. The molecule has 0 radical (unpaired) electrons. The molecule has 0 aliphatic carbocycles. The van der Waals surface area contributed by atoms with Crippen molar-refractivity contribution in [1.29, 1.82) is 0 Å². The van der Waals surface area contributed by atoms with E-state index in [9.17, 15) is 4.79 Å². The van der Waals surface area contributed by atoms with Crippen molar-refractivity contribution in [3.05, 3.63) is 22.4 Å². The van der Waals surface area contributed by atoms with Crippen molar-refractivity contribution in [2.45, 2.75) is 39.2 Å². The first-order chi connectivity index (χ1) is 12.6. The van der Waals surface area contributed by atoms with Gasteiger partial charge in [0.2, 0.25) is 5.91 Å². The first-order valence-electron chi connectivity index (χ1n) is 9.62. The zero-order chi connectivity index (χ0) is 18.8. The SMILES string of the molecule is CCCNC(=O)CNC(=NC)NCC(c1cccs1)N1CCC(C)CC1.I. The second-order valence-electron chi connectivity index (χ2n) is 6.91. The summed E-state index contributed by atoms with van der Waals surface area (Å²) in [5.41, 5.74) is 0. The van der Waals surface area contributed by atoms with E-state index in [1.807, 2.05) is 6.92 Å². The molecule has 2 heterocycles. The lowest BCUT2D eigenvalue weighted by Crippen LogP contribution is -2.47. The molecule has 1 aliphatic heterocycles. The Kier molecular flexibility index (Phi) is 11.9. The largest absolute Gasteiger partial charge is 0.355 e. The Morgan fingerprint density at radius 2 is 2.07 bits per heavy atom. The van der Waals surface area contributed by atoms with E-state index in [4.69, 9.17) is 0 Å². The predicted octanol–water partition coefficient (Wildman–Crippen LogP) is 2.83. The van der Waals surface area contributed by atoms with Crippen LogP contribution in [0.2, 0.25) is 0 Å². The number of hydrogen-bond donors (Lipinski definition) is 3. The van der Waals surface area contributed by atoms with Gasteiger partial charge in [-0.1, -0.05) is 19.9 Å². The molecule has 27 heavy (non-hydrogen) atoms. The zero-order valence-electron chi connectivity index (χ0n) is 16.7. The van der Waals surface area contributed by atoms with Gasteiger partial charge < -0.3 is 16.0 Å². The zero-order valence-corrected chi connectivity index (χ0v) is 19.8. The molecule has 1 atom stereocenters. The van der Waals surface area contributed by atoms with Crippen molar-refractivity contribution in [3.8, 4) is 0 Å². The number of halogens is 1. The van der Waals surface area contributed by atoms with Crippen LogP contribution in [0.1, 0.15) is 44.0 Å². The number of carbonyl (C=O) groups excluding carboxylic acids is 1. The number of hydrogen-bond acceptors (Lipinski definition) is 4. The van der Waals surface area contributed by atoms with Crippen LogP contribution >= 0.6 is 35.3 Å². The molecule has 0 spiro atoms. The molecule has 1 fully saturated rings. The Labute approximate surface area is 184 Å². The molecule has 0 aromatic carbocycles. The van der Waals surface area contributed by atoms with Crippen molar-refractivity contribution < 1.29 is 4.79 Å². The van der Waals surface area contributed by atoms with Gasteiger partial charge in [0.1, 0.15) is 0 Å². The van der Waals surface area contributed by atoms with Crippen LogP contribution in [0.5, 0.6) is 0 Å². The van der Waals surface area contributed by atoms with Crippen LogP contribution in [-0.4, -0.2) is 56.5 Å². The summed E-state index contributed by atoms with van der Waals surface area (Å²) >= 11 is 1.81. The van der Waals surface area contributed by atoms with E-state index in [1.54, 1.807) is 18.4 Å². The van der Waals surface area contributed by atoms with Crippen LogP contribution in [0.3, 0.4) is 0 Å². The third-order valence-corrected chi connectivity index (χ3v) is 5.78. The average Bonchev–Trinajstić information content (AvgIpc) is 3.18. The molecule has 154 valence electrons. The van der Waals surface area contributed by atoms with Crippen LogP contribution in [-0.2, 0) is 4.79 Å². The maximum atomic E-state index is 11.8. The fourth-order valence-corrected chi connectivity index (χ4v) is 4.00. The molecule has 3 N–H and O–H groups in total. The van der Waals surface area contributed by atoms with Crippen LogP contribution in [0.25, 0.3) is 0 Å². The molecule has 0 bridgehead atoms. The summed E-state index contributed by atoms with van der Waals surface area (Å²) in [6.07, 6.45) is 3.45. The molecule has 1 aliphatic rings. The van der Waals surface area contributed by atoms with Gasteiger partial charge in [0.15, 0.2) is 5.96 Å². The third-order valence-electron chi connectivity index (χ3n) is 4.81. The molecular weight excluding hydrogens is 473 g/mol. The molecule has 1 saturated heterocycles. The number of aliphatic imine (C=N–C) groups is 1. The highest BCUT2D eigenvalue weighted by atomic mass is 127. The van der Waals surface area contributed by atoms with Crippen LogP contribution in [0, 0.1) is 5.92 Å². The van der Waals surface area contributed by atoms with Gasteiger partial charge in [0.25, 0.3) is 0 Å². The Bertz CT molecular complexity index is 558. The number of thiophene rings is 1. The van der Waals surface area contributed by atoms with Crippen molar-refractivity contribution >= 4 is 47.2 Å². The van der Waals surface area contributed by atoms with E-state index in [1.165, 1.54) is 17.7 Å². The maximum Gasteiger partial charge on any atom is 0.239 e. The lowest BCUT2D eigenvalue weighted by Gasteiger charge is -2.36. The molecule has 1 unspecified atom stereocenters. The number of likely N-dealkylation sites (tertiary alicyclic amines) is 1.